The van der Waals surface area contributed by atoms with Gasteiger partial charge in [-0.1, -0.05) is 13.8 Å². The first-order valence-electron chi connectivity index (χ1n) is 8.27. The summed E-state index contributed by atoms with van der Waals surface area (Å²) in [5.74, 6) is -1.88. The number of carbonyl (C=O) groups excluding carboxylic acids is 2. The third-order valence-corrected chi connectivity index (χ3v) is 4.03. The summed E-state index contributed by atoms with van der Waals surface area (Å²) in [6.07, 6.45) is 1.31. The lowest BCUT2D eigenvalue weighted by atomic mass is 9.90. The Kier molecular flexibility index (Phi) is 10.2. The minimum atomic E-state index is -1.18. The standard InChI is InChI=1S/C15H30N6O4/c1-4-15(5-2,21-11(22)9-16)13(25)20-10(12(23)24)7-6-8-19-14(17)18-3/h10H,4-9,16H2,1-3H3,(H,20,25)(H,21,22)(H,23,24)(H3,17,18,19)/t10-/m0/s1. The molecule has 10 nitrogen and oxygen atoms in total. The van der Waals surface area contributed by atoms with Crippen molar-refractivity contribution in [3.8, 4) is 0 Å². The average molecular weight is 358 g/mol. The molecule has 0 rings (SSSR count). The highest BCUT2D eigenvalue weighted by Gasteiger charge is 2.38. The zero-order valence-electron chi connectivity index (χ0n) is 15.1. The maximum atomic E-state index is 12.6. The molecule has 25 heavy (non-hydrogen) atoms. The van der Waals surface area contributed by atoms with Crippen molar-refractivity contribution in [2.45, 2.75) is 51.1 Å². The zero-order valence-corrected chi connectivity index (χ0v) is 15.1. The number of carboxylic acid groups (broad SMARTS) is 1. The maximum Gasteiger partial charge on any atom is 0.326 e. The molecule has 0 aliphatic carbocycles. The van der Waals surface area contributed by atoms with Gasteiger partial charge in [-0.2, -0.15) is 0 Å². The summed E-state index contributed by atoms with van der Waals surface area (Å²) >= 11 is 0. The molecule has 0 spiro atoms. The number of aliphatic carboxylic acids is 1. The smallest absolute Gasteiger partial charge is 0.326 e. The summed E-state index contributed by atoms with van der Waals surface area (Å²) in [5, 5.41) is 17.2. The third kappa shape index (κ3) is 7.38. The molecule has 0 radical (unpaired) electrons. The first kappa shape index (κ1) is 22.6. The van der Waals surface area contributed by atoms with Gasteiger partial charge in [0.25, 0.3) is 0 Å². The Hall–Kier alpha value is -2.36. The molecule has 0 heterocycles. The zero-order chi connectivity index (χ0) is 19.5. The quantitative estimate of drug-likeness (QED) is 0.148. The molecule has 0 bridgehead atoms. The predicted octanol–water partition coefficient (Wildman–Crippen LogP) is -1.50. The van der Waals surface area contributed by atoms with Crippen molar-refractivity contribution in [1.82, 2.24) is 16.0 Å². The van der Waals surface area contributed by atoms with Gasteiger partial charge < -0.3 is 32.5 Å². The van der Waals surface area contributed by atoms with Gasteiger partial charge in [0.2, 0.25) is 11.8 Å². The van der Waals surface area contributed by atoms with E-state index in [1.807, 2.05) is 0 Å². The second kappa shape index (κ2) is 11.2. The van der Waals surface area contributed by atoms with E-state index in [1.54, 1.807) is 13.8 Å². The van der Waals surface area contributed by atoms with E-state index >= 15 is 0 Å². The highest BCUT2D eigenvalue weighted by molar-refractivity contribution is 5.94. The van der Waals surface area contributed by atoms with E-state index in [0.717, 1.165) is 0 Å². The number of hydrogen-bond acceptors (Lipinski definition) is 5. The Bertz CT molecular complexity index is 490. The van der Waals surface area contributed by atoms with Crippen molar-refractivity contribution in [2.24, 2.45) is 16.5 Å². The van der Waals surface area contributed by atoms with Crippen LogP contribution in [0.15, 0.2) is 4.99 Å². The van der Waals surface area contributed by atoms with Gasteiger partial charge in [0.05, 0.1) is 6.54 Å². The largest absolute Gasteiger partial charge is 0.480 e. The number of hydrogen-bond donors (Lipinski definition) is 6. The van der Waals surface area contributed by atoms with E-state index in [0.29, 0.717) is 25.8 Å². The summed E-state index contributed by atoms with van der Waals surface area (Å²) < 4.78 is 0. The number of nitrogens with zero attached hydrogens (tertiary/aromatic N) is 1. The fourth-order valence-electron chi connectivity index (χ4n) is 2.28. The Balaban J connectivity index is 4.88. The second-order valence-electron chi connectivity index (χ2n) is 5.58. The molecule has 0 aromatic heterocycles. The molecule has 0 unspecified atom stereocenters. The Morgan fingerprint density at radius 1 is 1.24 bits per heavy atom. The number of amides is 2. The fourth-order valence-corrected chi connectivity index (χ4v) is 2.28. The number of guanidine groups is 1. The summed E-state index contributed by atoms with van der Waals surface area (Å²) in [5.41, 5.74) is 9.60. The highest BCUT2D eigenvalue weighted by Crippen LogP contribution is 2.16. The van der Waals surface area contributed by atoms with Crippen LogP contribution >= 0.6 is 0 Å². The second-order valence-corrected chi connectivity index (χ2v) is 5.58. The Labute approximate surface area is 147 Å². The number of nitrogens with two attached hydrogens (primary N) is 2. The first-order valence-corrected chi connectivity index (χ1v) is 8.27. The molecule has 0 aromatic rings. The molecule has 0 saturated heterocycles. The number of carbonyl (C=O) groups is 3. The molecule has 2 amide bonds. The molecule has 0 aromatic carbocycles. The minimum absolute atomic E-state index is 0.208. The molecule has 0 aliphatic heterocycles. The van der Waals surface area contributed by atoms with Gasteiger partial charge in [-0.3, -0.25) is 14.6 Å². The van der Waals surface area contributed by atoms with Gasteiger partial charge in [0.1, 0.15) is 11.6 Å². The van der Waals surface area contributed by atoms with Crippen LogP contribution in [0.5, 0.6) is 0 Å². The summed E-state index contributed by atoms with van der Waals surface area (Å²) in [6, 6.07) is -1.07. The molecular formula is C15H30N6O4. The van der Waals surface area contributed by atoms with Crippen molar-refractivity contribution < 1.29 is 19.5 Å². The van der Waals surface area contributed by atoms with Crippen molar-refractivity contribution in [3.05, 3.63) is 0 Å². The first-order chi connectivity index (χ1) is 11.8. The van der Waals surface area contributed by atoms with Crippen LogP contribution in [0, 0.1) is 0 Å². The summed E-state index contributed by atoms with van der Waals surface area (Å²) in [4.78, 5) is 39.3. The monoisotopic (exact) mass is 358 g/mol. The van der Waals surface area contributed by atoms with E-state index in [9.17, 15) is 19.5 Å². The van der Waals surface area contributed by atoms with E-state index in [-0.39, 0.29) is 18.9 Å². The Morgan fingerprint density at radius 3 is 2.28 bits per heavy atom. The lowest BCUT2D eigenvalue weighted by molar-refractivity contribution is -0.143. The van der Waals surface area contributed by atoms with Crippen molar-refractivity contribution in [1.29, 1.82) is 0 Å². The predicted molar refractivity (Wildman–Crippen MR) is 94.9 cm³/mol. The van der Waals surface area contributed by atoms with Crippen LogP contribution < -0.4 is 27.4 Å². The topological polar surface area (TPSA) is 172 Å². The van der Waals surface area contributed by atoms with Crippen molar-refractivity contribution >= 4 is 23.7 Å². The highest BCUT2D eigenvalue weighted by atomic mass is 16.4. The van der Waals surface area contributed by atoms with Gasteiger partial charge >= 0.3 is 5.97 Å². The molecule has 144 valence electrons. The lowest BCUT2D eigenvalue weighted by Crippen LogP contribution is -2.61. The molecule has 0 fully saturated rings. The minimum Gasteiger partial charge on any atom is -0.480 e. The van der Waals surface area contributed by atoms with Crippen LogP contribution in [-0.4, -0.2) is 60.6 Å². The van der Waals surface area contributed by atoms with E-state index in [1.165, 1.54) is 7.05 Å². The number of rotatable bonds is 11. The summed E-state index contributed by atoms with van der Waals surface area (Å²) in [7, 11) is 1.54. The van der Waals surface area contributed by atoms with Gasteiger partial charge in [-0.05, 0) is 25.7 Å². The normalized spacial score (nSPS) is 13.0. The number of nitrogens with one attached hydrogen (secondary N) is 3. The lowest BCUT2D eigenvalue weighted by Gasteiger charge is -2.32. The van der Waals surface area contributed by atoms with Gasteiger partial charge in [-0.25, -0.2) is 4.79 Å². The third-order valence-electron chi connectivity index (χ3n) is 4.03. The van der Waals surface area contributed by atoms with Crippen molar-refractivity contribution in [2.75, 3.05) is 20.1 Å². The van der Waals surface area contributed by atoms with E-state index in [4.69, 9.17) is 11.5 Å². The Morgan fingerprint density at radius 2 is 1.84 bits per heavy atom. The molecule has 8 N–H and O–H groups in total. The molecule has 0 saturated carbocycles. The average Bonchev–Trinajstić information content (AvgIpc) is 2.61. The fraction of sp³-hybridized carbons (Fsp3) is 0.733. The van der Waals surface area contributed by atoms with Crippen LogP contribution in [0.2, 0.25) is 0 Å². The summed E-state index contributed by atoms with van der Waals surface area (Å²) in [6.45, 7) is 3.67. The molecule has 0 aliphatic rings. The van der Waals surface area contributed by atoms with Crippen LogP contribution in [-0.2, 0) is 14.4 Å². The van der Waals surface area contributed by atoms with E-state index in [2.05, 4.69) is 20.9 Å². The molecule has 1 atom stereocenters. The number of aliphatic imine (C=N–C) groups is 1. The van der Waals surface area contributed by atoms with Gasteiger partial charge in [0, 0.05) is 13.6 Å². The maximum absolute atomic E-state index is 12.6. The van der Waals surface area contributed by atoms with E-state index < -0.39 is 29.4 Å². The van der Waals surface area contributed by atoms with Crippen LogP contribution in [0.1, 0.15) is 39.5 Å². The SMILES string of the molecule is CCC(CC)(NC(=O)CN)C(=O)N[C@@H](CCCNC(N)=NC)C(=O)O. The van der Waals surface area contributed by atoms with Gasteiger partial charge in [-0.15, -0.1) is 0 Å². The van der Waals surface area contributed by atoms with Gasteiger partial charge in [0.15, 0.2) is 5.96 Å². The molecule has 10 heteroatoms. The van der Waals surface area contributed by atoms with Crippen molar-refractivity contribution in [3.63, 3.8) is 0 Å². The molecular weight excluding hydrogens is 328 g/mol. The van der Waals surface area contributed by atoms with Crippen LogP contribution in [0.3, 0.4) is 0 Å². The van der Waals surface area contributed by atoms with Crippen LogP contribution in [0.25, 0.3) is 0 Å². The van der Waals surface area contributed by atoms with Crippen LogP contribution in [0.4, 0.5) is 0 Å². The number of carboxylic acids is 1.